The maximum Gasteiger partial charge on any atom is 0.229 e. The lowest BCUT2D eigenvalue weighted by atomic mass is 9.94. The molecule has 0 aliphatic carbocycles. The number of benzene rings is 1. The highest BCUT2D eigenvalue weighted by atomic mass is 35.5. The van der Waals surface area contributed by atoms with Crippen LogP contribution >= 0.6 is 22.9 Å². The lowest BCUT2D eigenvalue weighted by Crippen LogP contribution is -2.39. The largest absolute Gasteiger partial charge is 0.338 e. The molecule has 5 heteroatoms. The number of fused-ring (bicyclic) bond motifs is 1. The van der Waals surface area contributed by atoms with Gasteiger partial charge in [0.15, 0.2) is 0 Å². The number of hydrogen-bond acceptors (Lipinski definition) is 3. The van der Waals surface area contributed by atoms with Gasteiger partial charge in [-0.2, -0.15) is 0 Å². The Morgan fingerprint density at radius 3 is 2.74 bits per heavy atom. The number of alkyl halides is 1. The zero-order valence-electron chi connectivity index (χ0n) is 11.3. The van der Waals surface area contributed by atoms with E-state index in [1.807, 2.05) is 38.1 Å². The summed E-state index contributed by atoms with van der Waals surface area (Å²) in [5, 5.41) is 0.947. The van der Waals surface area contributed by atoms with E-state index in [-0.39, 0.29) is 5.91 Å². The third kappa shape index (κ3) is 3.07. The second kappa shape index (κ2) is 5.47. The Labute approximate surface area is 122 Å². The molecule has 0 aliphatic heterocycles. The molecule has 19 heavy (non-hydrogen) atoms. The molecule has 0 radical (unpaired) electrons. The van der Waals surface area contributed by atoms with Crippen LogP contribution in [0.5, 0.6) is 0 Å². The highest BCUT2D eigenvalue weighted by molar-refractivity contribution is 7.18. The van der Waals surface area contributed by atoms with Gasteiger partial charge in [0.2, 0.25) is 5.91 Å². The standard InChI is InChI=1S/C14H17ClN2OS/c1-14(2,9-15)13(18)17(3)8-12-16-10-6-4-5-7-11(10)19-12/h4-7H,8-9H2,1-3H3. The van der Waals surface area contributed by atoms with E-state index in [1.165, 1.54) is 0 Å². The molecule has 1 aromatic carbocycles. The van der Waals surface area contributed by atoms with Crippen molar-refractivity contribution in [1.29, 1.82) is 0 Å². The number of carbonyl (C=O) groups is 1. The molecule has 0 fully saturated rings. The number of aromatic nitrogens is 1. The van der Waals surface area contributed by atoms with Gasteiger partial charge in [0.05, 0.1) is 22.2 Å². The van der Waals surface area contributed by atoms with Gasteiger partial charge in [0.25, 0.3) is 0 Å². The number of carbonyl (C=O) groups excluding carboxylic acids is 1. The second-order valence-electron chi connectivity index (χ2n) is 5.25. The first-order chi connectivity index (χ1) is 8.94. The molecule has 1 aromatic heterocycles. The zero-order chi connectivity index (χ0) is 14.0. The predicted octanol–water partition coefficient (Wildman–Crippen LogP) is 3.52. The van der Waals surface area contributed by atoms with Crippen LogP contribution in [0.2, 0.25) is 0 Å². The molecule has 3 nitrogen and oxygen atoms in total. The van der Waals surface area contributed by atoms with E-state index in [1.54, 1.807) is 23.3 Å². The van der Waals surface area contributed by atoms with Crippen LogP contribution in [-0.4, -0.2) is 28.7 Å². The molecule has 0 saturated heterocycles. The van der Waals surface area contributed by atoms with Gasteiger partial charge in [-0.3, -0.25) is 4.79 Å². The Morgan fingerprint density at radius 2 is 2.11 bits per heavy atom. The molecule has 0 spiro atoms. The van der Waals surface area contributed by atoms with Crippen LogP contribution in [0.15, 0.2) is 24.3 Å². The molecule has 0 saturated carbocycles. The van der Waals surface area contributed by atoms with Crippen LogP contribution in [0.25, 0.3) is 10.2 Å². The molecule has 0 aliphatic rings. The predicted molar refractivity (Wildman–Crippen MR) is 80.6 cm³/mol. The number of rotatable bonds is 4. The van der Waals surface area contributed by atoms with Crippen LogP contribution in [0, 0.1) is 5.41 Å². The van der Waals surface area contributed by atoms with Crippen molar-refractivity contribution < 1.29 is 4.79 Å². The molecule has 1 amide bonds. The maximum absolute atomic E-state index is 12.2. The number of hydrogen-bond donors (Lipinski definition) is 0. The first-order valence-electron chi connectivity index (χ1n) is 6.10. The van der Waals surface area contributed by atoms with Crippen molar-refractivity contribution in [3.63, 3.8) is 0 Å². The average Bonchev–Trinajstić information content (AvgIpc) is 2.79. The van der Waals surface area contributed by atoms with E-state index in [2.05, 4.69) is 4.98 Å². The summed E-state index contributed by atoms with van der Waals surface area (Å²) in [7, 11) is 1.79. The lowest BCUT2D eigenvalue weighted by molar-refractivity contribution is -0.138. The molecule has 102 valence electrons. The summed E-state index contributed by atoms with van der Waals surface area (Å²) in [5.41, 5.74) is 0.451. The van der Waals surface area contributed by atoms with E-state index in [9.17, 15) is 4.79 Å². The monoisotopic (exact) mass is 296 g/mol. The highest BCUT2D eigenvalue weighted by Crippen LogP contribution is 2.25. The van der Waals surface area contributed by atoms with Gasteiger partial charge < -0.3 is 4.90 Å². The number of nitrogens with zero attached hydrogens (tertiary/aromatic N) is 2. The normalized spacial score (nSPS) is 11.8. The number of para-hydroxylation sites is 1. The van der Waals surface area contributed by atoms with Crippen LogP contribution in [0.3, 0.4) is 0 Å². The molecule has 0 bridgehead atoms. The van der Waals surface area contributed by atoms with Crippen molar-refractivity contribution in [2.24, 2.45) is 5.41 Å². The number of amides is 1. The fourth-order valence-electron chi connectivity index (χ4n) is 1.84. The third-order valence-corrected chi connectivity index (χ3v) is 4.66. The van der Waals surface area contributed by atoms with Crippen LogP contribution in [0.4, 0.5) is 0 Å². The molecule has 0 atom stereocenters. The zero-order valence-corrected chi connectivity index (χ0v) is 12.9. The molecule has 0 unspecified atom stereocenters. The van der Waals surface area contributed by atoms with E-state index in [0.29, 0.717) is 12.4 Å². The summed E-state index contributed by atoms with van der Waals surface area (Å²) in [5.74, 6) is 0.359. The Kier molecular flexibility index (Phi) is 4.11. The molecular weight excluding hydrogens is 280 g/mol. The van der Waals surface area contributed by atoms with Gasteiger partial charge in [0, 0.05) is 12.9 Å². The fourth-order valence-corrected chi connectivity index (χ4v) is 2.97. The Morgan fingerprint density at radius 1 is 1.42 bits per heavy atom. The van der Waals surface area contributed by atoms with Gasteiger partial charge in [-0.05, 0) is 26.0 Å². The van der Waals surface area contributed by atoms with Crippen molar-refractivity contribution in [1.82, 2.24) is 9.88 Å². The van der Waals surface area contributed by atoms with Gasteiger partial charge in [-0.1, -0.05) is 12.1 Å². The maximum atomic E-state index is 12.2. The van der Waals surface area contributed by atoms with Crippen molar-refractivity contribution in [2.45, 2.75) is 20.4 Å². The molecule has 2 rings (SSSR count). The summed E-state index contributed by atoms with van der Waals surface area (Å²) in [6.45, 7) is 4.24. The van der Waals surface area contributed by atoms with E-state index in [4.69, 9.17) is 11.6 Å². The van der Waals surface area contributed by atoms with Crippen molar-refractivity contribution in [2.75, 3.05) is 12.9 Å². The molecule has 2 aromatic rings. The first-order valence-corrected chi connectivity index (χ1v) is 7.45. The van der Waals surface area contributed by atoms with Gasteiger partial charge in [-0.15, -0.1) is 22.9 Å². The minimum atomic E-state index is -0.535. The minimum absolute atomic E-state index is 0.0433. The summed E-state index contributed by atoms with van der Waals surface area (Å²) in [4.78, 5) is 18.5. The molecule has 0 N–H and O–H groups in total. The van der Waals surface area contributed by atoms with Crippen LogP contribution in [0.1, 0.15) is 18.9 Å². The van der Waals surface area contributed by atoms with Gasteiger partial charge in [0.1, 0.15) is 5.01 Å². The molecular formula is C14H17ClN2OS. The topological polar surface area (TPSA) is 33.2 Å². The fraction of sp³-hybridized carbons (Fsp3) is 0.429. The van der Waals surface area contributed by atoms with E-state index >= 15 is 0 Å². The molecule has 1 heterocycles. The highest BCUT2D eigenvalue weighted by Gasteiger charge is 2.29. The Bertz CT molecular complexity index is 561. The number of thiazole rings is 1. The van der Waals surface area contributed by atoms with Gasteiger partial charge >= 0.3 is 0 Å². The Hall–Kier alpha value is -1.13. The SMILES string of the molecule is CN(Cc1nc2ccccc2s1)C(=O)C(C)(C)CCl. The van der Waals surface area contributed by atoms with E-state index in [0.717, 1.165) is 15.2 Å². The van der Waals surface area contributed by atoms with Crippen molar-refractivity contribution >= 4 is 39.1 Å². The summed E-state index contributed by atoms with van der Waals surface area (Å²) < 4.78 is 1.15. The van der Waals surface area contributed by atoms with Crippen molar-refractivity contribution in [3.05, 3.63) is 29.3 Å². The van der Waals surface area contributed by atoms with E-state index < -0.39 is 5.41 Å². The van der Waals surface area contributed by atoms with Crippen LogP contribution in [-0.2, 0) is 11.3 Å². The lowest BCUT2D eigenvalue weighted by Gasteiger charge is -2.26. The smallest absolute Gasteiger partial charge is 0.229 e. The summed E-state index contributed by atoms with van der Waals surface area (Å²) in [6.07, 6.45) is 0. The first kappa shape index (κ1) is 14.3. The quantitative estimate of drug-likeness (QED) is 0.809. The van der Waals surface area contributed by atoms with Gasteiger partial charge in [-0.25, -0.2) is 4.98 Å². The van der Waals surface area contributed by atoms with Crippen molar-refractivity contribution in [3.8, 4) is 0 Å². The average molecular weight is 297 g/mol. The number of halogens is 1. The third-order valence-electron chi connectivity index (χ3n) is 2.97. The minimum Gasteiger partial charge on any atom is -0.338 e. The van der Waals surface area contributed by atoms with Crippen LogP contribution < -0.4 is 0 Å². The second-order valence-corrected chi connectivity index (χ2v) is 6.64. The summed E-state index contributed by atoms with van der Waals surface area (Å²) in [6, 6.07) is 7.99. The summed E-state index contributed by atoms with van der Waals surface area (Å²) >= 11 is 7.46. The Balaban J connectivity index is 2.14.